The maximum atomic E-state index is 14.2. The molecular weight excluding hydrogens is 452 g/mol. The quantitative estimate of drug-likeness (QED) is 0.514. The number of ether oxygens (including phenoxy) is 1. The van der Waals surface area contributed by atoms with Gasteiger partial charge in [0.1, 0.15) is 0 Å². The molecule has 7 atom stereocenters. The molecule has 0 heterocycles. The van der Waals surface area contributed by atoms with Gasteiger partial charge in [0.15, 0.2) is 11.6 Å². The molecule has 1 N–H and O–H groups in total. The van der Waals surface area contributed by atoms with E-state index in [4.69, 9.17) is 4.74 Å². The Bertz CT molecular complexity index is 1080. The molecule has 198 valence electrons. The van der Waals surface area contributed by atoms with Crippen LogP contribution in [0.25, 0.3) is 0 Å². The summed E-state index contributed by atoms with van der Waals surface area (Å²) in [5.74, 6) is -0.0875. The third-order valence-corrected chi connectivity index (χ3v) is 12.1. The number of esters is 1. The molecule has 0 aromatic carbocycles. The highest BCUT2D eigenvalue weighted by Crippen LogP contribution is 2.72. The number of Topliss-reactive ketones (excluding diaryl/α,β-unsaturated/α-hetero) is 1. The van der Waals surface area contributed by atoms with E-state index < -0.39 is 10.8 Å². The first-order valence-corrected chi connectivity index (χ1v) is 13.9. The van der Waals surface area contributed by atoms with E-state index in [0.717, 1.165) is 50.5 Å². The number of allylic oxidation sites excluding steroid dienone is 3. The van der Waals surface area contributed by atoms with Crippen LogP contribution in [0.5, 0.6) is 0 Å². The van der Waals surface area contributed by atoms with Gasteiger partial charge >= 0.3 is 5.97 Å². The van der Waals surface area contributed by atoms with Crippen molar-refractivity contribution in [3.8, 4) is 0 Å². The first-order chi connectivity index (χ1) is 16.7. The fourth-order valence-electron chi connectivity index (χ4n) is 9.64. The summed E-state index contributed by atoms with van der Waals surface area (Å²) in [6.07, 6.45) is 9.93. The predicted octanol–water partition coefficient (Wildman–Crippen LogP) is 5.46. The maximum absolute atomic E-state index is 14.2. The second-order valence-electron chi connectivity index (χ2n) is 14.4. The van der Waals surface area contributed by atoms with Crippen LogP contribution in [0.2, 0.25) is 0 Å². The Balaban J connectivity index is 1.66. The van der Waals surface area contributed by atoms with Crippen molar-refractivity contribution in [2.24, 2.45) is 50.7 Å². The van der Waals surface area contributed by atoms with Crippen molar-refractivity contribution in [2.45, 2.75) is 86.5 Å². The molecule has 5 rings (SSSR count). The Kier molecular flexibility index (Phi) is 5.66. The number of ketones is 2. The van der Waals surface area contributed by atoms with Crippen LogP contribution in [-0.4, -0.2) is 36.4 Å². The van der Waals surface area contributed by atoms with E-state index in [1.807, 2.05) is 26.0 Å². The lowest BCUT2D eigenvalue weighted by Crippen LogP contribution is -2.64. The van der Waals surface area contributed by atoms with Gasteiger partial charge in [-0.3, -0.25) is 14.4 Å². The van der Waals surface area contributed by atoms with Gasteiger partial charge in [0, 0.05) is 22.8 Å². The molecule has 5 aliphatic rings. The summed E-state index contributed by atoms with van der Waals surface area (Å²) >= 11 is 0. The van der Waals surface area contributed by atoms with Gasteiger partial charge in [-0.1, -0.05) is 53.2 Å². The van der Waals surface area contributed by atoms with Gasteiger partial charge in [0.2, 0.25) is 0 Å². The van der Waals surface area contributed by atoms with E-state index in [1.54, 1.807) is 0 Å². The Labute approximate surface area is 216 Å². The predicted molar refractivity (Wildman–Crippen MR) is 138 cm³/mol. The van der Waals surface area contributed by atoms with Gasteiger partial charge in [0.25, 0.3) is 0 Å². The molecule has 5 unspecified atom stereocenters. The van der Waals surface area contributed by atoms with E-state index in [2.05, 4.69) is 27.7 Å². The molecule has 3 saturated carbocycles. The number of rotatable bonds is 2. The Morgan fingerprint density at radius 3 is 2.31 bits per heavy atom. The SMILES string of the molecule is COC(=O)C12CCC(C)(C)CC1C1C(=O)C=C3C4C=C(CO)C(=O)C(C)(C)C4CC[C@@]3(C)[C@]1(C)CC2. The smallest absolute Gasteiger partial charge is 0.312 e. The van der Waals surface area contributed by atoms with Crippen LogP contribution in [0, 0.1) is 50.7 Å². The average Bonchev–Trinajstić information content (AvgIpc) is 2.81. The minimum Gasteiger partial charge on any atom is -0.469 e. The molecule has 0 spiro atoms. The molecular formula is C31H44O5. The van der Waals surface area contributed by atoms with Gasteiger partial charge in [-0.25, -0.2) is 0 Å². The van der Waals surface area contributed by atoms with Crippen LogP contribution in [0.15, 0.2) is 23.3 Å². The zero-order chi connectivity index (χ0) is 26.5. The summed E-state index contributed by atoms with van der Waals surface area (Å²) < 4.78 is 5.40. The lowest BCUT2D eigenvalue weighted by molar-refractivity contribution is -0.189. The number of fused-ring (bicyclic) bond motifs is 7. The zero-order valence-electron chi connectivity index (χ0n) is 23.2. The highest BCUT2D eigenvalue weighted by molar-refractivity contribution is 6.01. The van der Waals surface area contributed by atoms with Crippen LogP contribution in [0.1, 0.15) is 86.5 Å². The van der Waals surface area contributed by atoms with Crippen molar-refractivity contribution in [2.75, 3.05) is 13.7 Å². The molecule has 5 aliphatic carbocycles. The normalized spacial score (nSPS) is 44.8. The minimum absolute atomic E-state index is 0.0181. The highest BCUT2D eigenvalue weighted by atomic mass is 16.5. The fourth-order valence-corrected chi connectivity index (χ4v) is 9.64. The Hall–Kier alpha value is -1.75. The molecule has 5 heteroatoms. The number of aliphatic hydroxyl groups excluding tert-OH is 1. The van der Waals surface area contributed by atoms with Crippen LogP contribution < -0.4 is 0 Å². The number of hydrogen-bond donors (Lipinski definition) is 1. The third-order valence-electron chi connectivity index (χ3n) is 12.1. The topological polar surface area (TPSA) is 80.7 Å². The van der Waals surface area contributed by atoms with Crippen molar-refractivity contribution in [1.82, 2.24) is 0 Å². The molecule has 36 heavy (non-hydrogen) atoms. The highest BCUT2D eigenvalue weighted by Gasteiger charge is 2.69. The molecule has 0 aromatic rings. The monoisotopic (exact) mass is 496 g/mol. The van der Waals surface area contributed by atoms with Gasteiger partial charge in [-0.2, -0.15) is 0 Å². The first-order valence-electron chi connectivity index (χ1n) is 13.9. The molecule has 0 aliphatic heterocycles. The molecule has 0 amide bonds. The van der Waals surface area contributed by atoms with Crippen molar-refractivity contribution < 1.29 is 24.2 Å². The van der Waals surface area contributed by atoms with Crippen molar-refractivity contribution >= 4 is 17.5 Å². The second kappa shape index (κ2) is 7.88. The zero-order valence-corrected chi connectivity index (χ0v) is 23.2. The van der Waals surface area contributed by atoms with E-state index in [-0.39, 0.29) is 64.1 Å². The number of methoxy groups -OCH3 is 1. The van der Waals surface area contributed by atoms with Crippen LogP contribution in [0.3, 0.4) is 0 Å². The number of carbonyl (C=O) groups excluding carboxylic acids is 3. The first kappa shape index (κ1) is 25.9. The summed E-state index contributed by atoms with van der Waals surface area (Å²) in [7, 11) is 1.49. The van der Waals surface area contributed by atoms with Crippen LogP contribution in [0.4, 0.5) is 0 Å². The second-order valence-corrected chi connectivity index (χ2v) is 14.4. The summed E-state index contributed by atoms with van der Waals surface area (Å²) in [5.41, 5.74) is 0.0864. The standard InChI is InChI=1S/C31H44O5/c1-27(2)10-12-31(26(35)36-7)13-11-30(6)24(22(31)16-27)23(33)15-21-19-14-18(17-32)25(34)28(3,4)20(19)8-9-29(21,30)5/h14-15,19-20,22,24,32H,8-13,16-17H2,1-7H3/t19?,20?,22?,24?,29-,30-,31?/m1/s1. The average molecular weight is 497 g/mol. The van der Waals surface area contributed by atoms with E-state index in [0.29, 0.717) is 5.57 Å². The molecule has 0 aromatic heterocycles. The van der Waals surface area contributed by atoms with Crippen LogP contribution in [-0.2, 0) is 19.1 Å². The molecule has 3 fully saturated rings. The lowest BCUT2D eigenvalue weighted by Gasteiger charge is -2.67. The molecule has 5 nitrogen and oxygen atoms in total. The van der Waals surface area contributed by atoms with Gasteiger partial charge in [-0.05, 0) is 79.1 Å². The number of carbonyl (C=O) groups is 3. The summed E-state index contributed by atoms with van der Waals surface area (Å²) in [5, 5.41) is 10.00. The molecule has 0 bridgehead atoms. The van der Waals surface area contributed by atoms with E-state index in [9.17, 15) is 19.5 Å². The van der Waals surface area contributed by atoms with Gasteiger partial charge < -0.3 is 9.84 Å². The summed E-state index contributed by atoms with van der Waals surface area (Å²) in [4.78, 5) is 40.7. The third kappa shape index (κ3) is 3.13. The van der Waals surface area contributed by atoms with E-state index >= 15 is 0 Å². The Morgan fingerprint density at radius 2 is 1.67 bits per heavy atom. The number of hydrogen-bond acceptors (Lipinski definition) is 5. The Morgan fingerprint density at radius 1 is 1.00 bits per heavy atom. The van der Waals surface area contributed by atoms with Gasteiger partial charge in [-0.15, -0.1) is 0 Å². The van der Waals surface area contributed by atoms with Crippen molar-refractivity contribution in [3.05, 3.63) is 23.3 Å². The largest absolute Gasteiger partial charge is 0.469 e. The lowest BCUT2D eigenvalue weighted by atomic mass is 9.36. The van der Waals surface area contributed by atoms with Crippen molar-refractivity contribution in [3.63, 3.8) is 0 Å². The summed E-state index contributed by atoms with van der Waals surface area (Å²) in [6, 6.07) is 0. The van der Waals surface area contributed by atoms with Crippen molar-refractivity contribution in [1.29, 1.82) is 0 Å². The van der Waals surface area contributed by atoms with Gasteiger partial charge in [0.05, 0.1) is 19.1 Å². The minimum atomic E-state index is -0.577. The van der Waals surface area contributed by atoms with Crippen LogP contribution >= 0.6 is 0 Å². The van der Waals surface area contributed by atoms with E-state index in [1.165, 1.54) is 7.11 Å². The maximum Gasteiger partial charge on any atom is 0.312 e. The fraction of sp³-hybridized carbons (Fsp3) is 0.774. The summed E-state index contributed by atoms with van der Waals surface area (Å²) in [6.45, 7) is 12.9. The number of aliphatic hydroxyl groups is 1. The molecule has 0 radical (unpaired) electrons. The molecule has 0 saturated heterocycles.